The molecule has 1 fully saturated rings. The van der Waals surface area contributed by atoms with Crippen LogP contribution < -0.4 is 0 Å². The molecule has 2 aromatic rings. The maximum absolute atomic E-state index is 13.3. The van der Waals surface area contributed by atoms with Gasteiger partial charge in [0.15, 0.2) is 0 Å². The molecule has 1 amide bonds. The standard InChI is InChI=1S/C28H39N3O4/c1-28(2,3)35-27(33)31-19-5-4-16-25(31)26(32)34-24(14-6-10-22-12-8-17-29-20-22)15-7-11-23-13-9-18-30-21-23/h8-9,12-13,17-18,20-21,24-25H,4-7,10-11,14-16,19H2,1-3H3. The number of amides is 1. The zero-order chi connectivity index (χ0) is 25.1. The monoisotopic (exact) mass is 481 g/mol. The Labute approximate surface area is 209 Å². The average Bonchev–Trinajstić information content (AvgIpc) is 2.84. The molecular formula is C28H39N3O4. The summed E-state index contributed by atoms with van der Waals surface area (Å²) in [7, 11) is 0. The van der Waals surface area contributed by atoms with E-state index >= 15 is 0 Å². The smallest absolute Gasteiger partial charge is 0.411 e. The van der Waals surface area contributed by atoms with Gasteiger partial charge in [0.1, 0.15) is 17.7 Å². The molecule has 0 aliphatic carbocycles. The molecule has 2 aromatic heterocycles. The quantitative estimate of drug-likeness (QED) is 0.415. The number of hydrogen-bond donors (Lipinski definition) is 0. The maximum Gasteiger partial charge on any atom is 0.411 e. The first-order valence-electron chi connectivity index (χ1n) is 12.8. The van der Waals surface area contributed by atoms with E-state index in [4.69, 9.17) is 9.47 Å². The number of rotatable bonds is 10. The minimum Gasteiger partial charge on any atom is -0.461 e. The molecule has 1 aliphatic rings. The van der Waals surface area contributed by atoms with E-state index in [-0.39, 0.29) is 12.1 Å². The lowest BCUT2D eigenvalue weighted by Gasteiger charge is -2.36. The first kappa shape index (κ1) is 26.6. The molecule has 0 radical (unpaired) electrons. The molecule has 35 heavy (non-hydrogen) atoms. The van der Waals surface area contributed by atoms with Crippen molar-refractivity contribution in [3.05, 3.63) is 60.2 Å². The summed E-state index contributed by atoms with van der Waals surface area (Å²) in [5, 5.41) is 0. The molecule has 3 heterocycles. The molecule has 7 heteroatoms. The van der Waals surface area contributed by atoms with Crippen LogP contribution in [0.25, 0.3) is 0 Å². The van der Waals surface area contributed by atoms with Crippen LogP contribution in [0.5, 0.6) is 0 Å². The molecule has 1 aliphatic heterocycles. The van der Waals surface area contributed by atoms with Crippen molar-refractivity contribution in [2.24, 2.45) is 0 Å². The van der Waals surface area contributed by atoms with Gasteiger partial charge in [-0.3, -0.25) is 14.9 Å². The summed E-state index contributed by atoms with van der Waals surface area (Å²) in [4.78, 5) is 35.9. The Morgan fingerprint density at radius 2 is 1.60 bits per heavy atom. The minimum atomic E-state index is -0.607. The molecule has 3 rings (SSSR count). The van der Waals surface area contributed by atoms with E-state index in [0.717, 1.165) is 51.4 Å². The molecule has 0 saturated carbocycles. The lowest BCUT2D eigenvalue weighted by atomic mass is 10.0. The number of hydrogen-bond acceptors (Lipinski definition) is 6. The van der Waals surface area contributed by atoms with Gasteiger partial charge in [-0.25, -0.2) is 9.59 Å². The van der Waals surface area contributed by atoms with E-state index < -0.39 is 17.7 Å². The number of esters is 1. The summed E-state index contributed by atoms with van der Waals surface area (Å²) in [6, 6.07) is 7.43. The predicted molar refractivity (Wildman–Crippen MR) is 135 cm³/mol. The number of carbonyl (C=O) groups is 2. The van der Waals surface area contributed by atoms with Gasteiger partial charge in [0.2, 0.25) is 0 Å². The normalized spacial score (nSPS) is 16.2. The van der Waals surface area contributed by atoms with Gasteiger partial charge >= 0.3 is 12.1 Å². The van der Waals surface area contributed by atoms with E-state index in [2.05, 4.69) is 22.1 Å². The average molecular weight is 482 g/mol. The predicted octanol–water partition coefficient (Wildman–Crippen LogP) is 5.52. The first-order chi connectivity index (χ1) is 16.8. The van der Waals surface area contributed by atoms with Crippen LogP contribution in [-0.4, -0.2) is 51.2 Å². The Bertz CT molecular complexity index is 869. The molecule has 1 saturated heterocycles. The second kappa shape index (κ2) is 13.2. The largest absolute Gasteiger partial charge is 0.461 e. The number of likely N-dealkylation sites (tertiary alicyclic amines) is 1. The fourth-order valence-corrected chi connectivity index (χ4v) is 4.38. The van der Waals surface area contributed by atoms with E-state index in [1.807, 2.05) is 45.3 Å². The highest BCUT2D eigenvalue weighted by Gasteiger charge is 2.36. The second-order valence-electron chi connectivity index (χ2n) is 10.3. The topological polar surface area (TPSA) is 81.6 Å². The first-order valence-corrected chi connectivity index (χ1v) is 12.8. The Morgan fingerprint density at radius 3 is 2.11 bits per heavy atom. The number of ether oxygens (including phenoxy) is 2. The number of carbonyl (C=O) groups excluding carboxylic acids is 2. The maximum atomic E-state index is 13.3. The second-order valence-corrected chi connectivity index (χ2v) is 10.3. The van der Waals surface area contributed by atoms with Gasteiger partial charge in [0, 0.05) is 31.3 Å². The van der Waals surface area contributed by atoms with Crippen molar-refractivity contribution in [3.8, 4) is 0 Å². The number of nitrogens with zero attached hydrogens (tertiary/aromatic N) is 3. The molecule has 7 nitrogen and oxygen atoms in total. The van der Waals surface area contributed by atoms with Crippen molar-refractivity contribution < 1.29 is 19.1 Å². The van der Waals surface area contributed by atoms with E-state index in [0.29, 0.717) is 13.0 Å². The van der Waals surface area contributed by atoms with Crippen molar-refractivity contribution >= 4 is 12.1 Å². The molecule has 190 valence electrons. The van der Waals surface area contributed by atoms with Crippen LogP contribution in [0.2, 0.25) is 0 Å². The van der Waals surface area contributed by atoms with Crippen LogP contribution >= 0.6 is 0 Å². The fourth-order valence-electron chi connectivity index (χ4n) is 4.38. The number of piperidine rings is 1. The summed E-state index contributed by atoms with van der Waals surface area (Å²) in [6.45, 7) is 6.02. The Hall–Kier alpha value is -2.96. The van der Waals surface area contributed by atoms with E-state index in [1.54, 1.807) is 17.3 Å². The SMILES string of the molecule is CC(C)(C)OC(=O)N1CCCCC1C(=O)OC(CCCc1cccnc1)CCCc1cccnc1. The van der Waals surface area contributed by atoms with Crippen LogP contribution in [0.4, 0.5) is 4.79 Å². The molecule has 0 spiro atoms. The van der Waals surface area contributed by atoms with Crippen LogP contribution in [0.15, 0.2) is 49.1 Å². The Balaban J connectivity index is 1.60. The highest BCUT2D eigenvalue weighted by atomic mass is 16.6. The summed E-state index contributed by atoms with van der Waals surface area (Å²) in [6.07, 6.45) is 14.1. The number of aryl methyl sites for hydroxylation is 2. The number of pyridine rings is 2. The highest BCUT2D eigenvalue weighted by molar-refractivity contribution is 5.82. The van der Waals surface area contributed by atoms with Gasteiger partial charge in [-0.15, -0.1) is 0 Å². The van der Waals surface area contributed by atoms with E-state index in [9.17, 15) is 9.59 Å². The summed E-state index contributed by atoms with van der Waals surface area (Å²) < 4.78 is 11.6. The Morgan fingerprint density at radius 1 is 1.00 bits per heavy atom. The van der Waals surface area contributed by atoms with E-state index in [1.165, 1.54) is 11.1 Å². The van der Waals surface area contributed by atoms with Crippen molar-refractivity contribution in [1.29, 1.82) is 0 Å². The Kier molecular flexibility index (Phi) is 10.1. The minimum absolute atomic E-state index is 0.196. The summed E-state index contributed by atoms with van der Waals surface area (Å²) in [5.74, 6) is -0.316. The molecular weight excluding hydrogens is 442 g/mol. The molecule has 0 N–H and O–H groups in total. The van der Waals surface area contributed by atoms with Crippen LogP contribution in [-0.2, 0) is 27.1 Å². The van der Waals surface area contributed by atoms with Gasteiger partial charge in [-0.05, 0) is 102 Å². The highest BCUT2D eigenvalue weighted by Crippen LogP contribution is 2.23. The van der Waals surface area contributed by atoms with Crippen LogP contribution in [0.1, 0.15) is 76.8 Å². The van der Waals surface area contributed by atoms with Gasteiger partial charge in [0.05, 0.1) is 0 Å². The van der Waals surface area contributed by atoms with Crippen molar-refractivity contribution in [3.63, 3.8) is 0 Å². The van der Waals surface area contributed by atoms with Gasteiger partial charge < -0.3 is 9.47 Å². The lowest BCUT2D eigenvalue weighted by Crippen LogP contribution is -2.50. The molecule has 0 aromatic carbocycles. The zero-order valence-corrected chi connectivity index (χ0v) is 21.3. The van der Waals surface area contributed by atoms with Crippen molar-refractivity contribution in [2.75, 3.05) is 6.54 Å². The third-order valence-corrected chi connectivity index (χ3v) is 6.11. The van der Waals surface area contributed by atoms with Crippen LogP contribution in [0, 0.1) is 0 Å². The molecule has 1 atom stereocenters. The van der Waals surface area contributed by atoms with Crippen molar-refractivity contribution in [2.45, 2.75) is 96.3 Å². The third-order valence-electron chi connectivity index (χ3n) is 6.11. The zero-order valence-electron chi connectivity index (χ0n) is 21.3. The lowest BCUT2D eigenvalue weighted by molar-refractivity contribution is -0.157. The van der Waals surface area contributed by atoms with Crippen LogP contribution in [0.3, 0.4) is 0 Å². The van der Waals surface area contributed by atoms with Gasteiger partial charge in [0.25, 0.3) is 0 Å². The third kappa shape index (κ3) is 9.30. The van der Waals surface area contributed by atoms with Gasteiger partial charge in [-0.1, -0.05) is 12.1 Å². The fraction of sp³-hybridized carbons (Fsp3) is 0.571. The van der Waals surface area contributed by atoms with Crippen molar-refractivity contribution in [1.82, 2.24) is 14.9 Å². The van der Waals surface area contributed by atoms with Gasteiger partial charge in [-0.2, -0.15) is 0 Å². The number of aromatic nitrogens is 2. The molecule has 0 bridgehead atoms. The molecule has 1 unspecified atom stereocenters. The summed E-state index contributed by atoms with van der Waals surface area (Å²) in [5.41, 5.74) is 1.75. The summed E-state index contributed by atoms with van der Waals surface area (Å²) >= 11 is 0.